The van der Waals surface area contributed by atoms with Crippen molar-refractivity contribution in [1.82, 2.24) is 10.6 Å². The fourth-order valence-corrected chi connectivity index (χ4v) is 2.99. The SMILES string of the molecule is CN=C(NCCCOCCOC)NCCSCCOc1cccc(Br)c1.I. The van der Waals surface area contributed by atoms with Crippen LogP contribution < -0.4 is 15.4 Å². The van der Waals surface area contributed by atoms with Gasteiger partial charge in [0.2, 0.25) is 0 Å². The van der Waals surface area contributed by atoms with Crippen molar-refractivity contribution in [1.29, 1.82) is 0 Å². The van der Waals surface area contributed by atoms with Crippen LogP contribution in [0.25, 0.3) is 0 Å². The molecule has 0 aliphatic carbocycles. The molecule has 9 heteroatoms. The van der Waals surface area contributed by atoms with Crippen molar-refractivity contribution in [2.45, 2.75) is 6.42 Å². The average Bonchev–Trinajstić information content (AvgIpc) is 2.65. The fraction of sp³-hybridized carbons (Fsp3) is 0.611. The topological polar surface area (TPSA) is 64.1 Å². The van der Waals surface area contributed by atoms with Gasteiger partial charge in [0, 0.05) is 49.8 Å². The van der Waals surface area contributed by atoms with E-state index in [-0.39, 0.29) is 24.0 Å². The number of benzene rings is 1. The van der Waals surface area contributed by atoms with Crippen LogP contribution in [-0.2, 0) is 9.47 Å². The van der Waals surface area contributed by atoms with Crippen LogP contribution in [0.1, 0.15) is 6.42 Å². The molecule has 0 spiro atoms. The molecule has 1 aromatic carbocycles. The first-order chi connectivity index (χ1) is 12.8. The van der Waals surface area contributed by atoms with E-state index in [0.29, 0.717) is 19.8 Å². The summed E-state index contributed by atoms with van der Waals surface area (Å²) in [5.74, 6) is 3.68. The summed E-state index contributed by atoms with van der Waals surface area (Å²) >= 11 is 5.29. The van der Waals surface area contributed by atoms with Crippen molar-refractivity contribution in [2.75, 3.05) is 65.2 Å². The molecule has 27 heavy (non-hydrogen) atoms. The molecule has 0 saturated carbocycles. The molecule has 0 radical (unpaired) electrons. The third-order valence-corrected chi connectivity index (χ3v) is 4.69. The van der Waals surface area contributed by atoms with E-state index >= 15 is 0 Å². The number of hydrogen-bond acceptors (Lipinski definition) is 5. The van der Waals surface area contributed by atoms with E-state index in [1.165, 1.54) is 0 Å². The molecule has 6 nitrogen and oxygen atoms in total. The van der Waals surface area contributed by atoms with Crippen molar-refractivity contribution >= 4 is 57.6 Å². The Morgan fingerprint density at radius 3 is 2.67 bits per heavy atom. The van der Waals surface area contributed by atoms with Crippen LogP contribution in [-0.4, -0.2) is 71.1 Å². The highest BCUT2D eigenvalue weighted by molar-refractivity contribution is 14.0. The Morgan fingerprint density at radius 1 is 1.11 bits per heavy atom. The van der Waals surface area contributed by atoms with Gasteiger partial charge in [-0.3, -0.25) is 4.99 Å². The lowest BCUT2D eigenvalue weighted by Crippen LogP contribution is -2.39. The Kier molecular flexibility index (Phi) is 18.9. The number of thioether (sulfide) groups is 1. The zero-order chi connectivity index (χ0) is 18.9. The summed E-state index contributed by atoms with van der Waals surface area (Å²) in [6, 6.07) is 7.91. The molecule has 0 aliphatic rings. The van der Waals surface area contributed by atoms with Crippen molar-refractivity contribution in [3.05, 3.63) is 28.7 Å². The third kappa shape index (κ3) is 15.4. The number of nitrogens with zero attached hydrogens (tertiary/aromatic N) is 1. The van der Waals surface area contributed by atoms with Crippen LogP contribution in [0.3, 0.4) is 0 Å². The van der Waals surface area contributed by atoms with Crippen molar-refractivity contribution in [2.24, 2.45) is 4.99 Å². The van der Waals surface area contributed by atoms with Crippen LogP contribution >= 0.6 is 51.7 Å². The summed E-state index contributed by atoms with van der Waals surface area (Å²) in [6.07, 6.45) is 0.937. The highest BCUT2D eigenvalue weighted by Crippen LogP contribution is 2.17. The highest BCUT2D eigenvalue weighted by Gasteiger charge is 1.98. The van der Waals surface area contributed by atoms with Crippen LogP contribution in [0.4, 0.5) is 0 Å². The monoisotopic (exact) mass is 575 g/mol. The van der Waals surface area contributed by atoms with Crippen LogP contribution in [0, 0.1) is 0 Å². The smallest absolute Gasteiger partial charge is 0.191 e. The van der Waals surface area contributed by atoms with Gasteiger partial charge in [0.25, 0.3) is 0 Å². The van der Waals surface area contributed by atoms with Gasteiger partial charge < -0.3 is 24.8 Å². The number of hydrogen-bond donors (Lipinski definition) is 2. The molecule has 0 heterocycles. The number of nitrogens with one attached hydrogen (secondary N) is 2. The van der Waals surface area contributed by atoms with Gasteiger partial charge in [-0.25, -0.2) is 0 Å². The lowest BCUT2D eigenvalue weighted by Gasteiger charge is -2.12. The predicted molar refractivity (Wildman–Crippen MR) is 129 cm³/mol. The summed E-state index contributed by atoms with van der Waals surface area (Å²) in [4.78, 5) is 4.21. The molecule has 0 amide bonds. The third-order valence-electron chi connectivity index (χ3n) is 3.24. The van der Waals surface area contributed by atoms with Gasteiger partial charge in [0.15, 0.2) is 5.96 Å². The van der Waals surface area contributed by atoms with Crippen LogP contribution in [0.5, 0.6) is 5.75 Å². The number of aliphatic imine (C=N–C) groups is 1. The second-order valence-corrected chi connectivity index (χ2v) is 7.44. The molecule has 0 bridgehead atoms. The first kappa shape index (κ1) is 26.8. The standard InChI is InChI=1S/C18H30BrN3O3S.HI/c1-20-18(21-7-4-9-24-11-10-23-2)22-8-13-26-14-12-25-17-6-3-5-16(19)15-17;/h3,5-6,15H,4,7-14H2,1-2H3,(H2,20,21,22);1H. The number of guanidine groups is 1. The average molecular weight is 576 g/mol. The molecule has 0 atom stereocenters. The van der Waals surface area contributed by atoms with E-state index in [1.54, 1.807) is 14.2 Å². The molecule has 0 aromatic heterocycles. The zero-order valence-electron chi connectivity index (χ0n) is 16.0. The van der Waals surface area contributed by atoms with Crippen LogP contribution in [0.2, 0.25) is 0 Å². The lowest BCUT2D eigenvalue weighted by atomic mass is 10.3. The second-order valence-electron chi connectivity index (χ2n) is 5.30. The van der Waals surface area contributed by atoms with E-state index in [0.717, 1.165) is 53.8 Å². The first-order valence-electron chi connectivity index (χ1n) is 8.73. The van der Waals surface area contributed by atoms with Gasteiger partial charge in [0.05, 0.1) is 19.8 Å². The number of halogens is 2. The maximum Gasteiger partial charge on any atom is 0.191 e. The number of ether oxygens (including phenoxy) is 3. The molecular weight excluding hydrogens is 545 g/mol. The van der Waals surface area contributed by atoms with Gasteiger partial charge in [0.1, 0.15) is 5.75 Å². The predicted octanol–water partition coefficient (Wildman–Crippen LogP) is 3.40. The number of rotatable bonds is 14. The molecule has 0 fully saturated rings. The molecule has 156 valence electrons. The zero-order valence-corrected chi connectivity index (χ0v) is 20.8. The minimum Gasteiger partial charge on any atom is -0.493 e. The summed E-state index contributed by atoms with van der Waals surface area (Å²) in [5, 5.41) is 6.59. The first-order valence-corrected chi connectivity index (χ1v) is 10.7. The summed E-state index contributed by atoms with van der Waals surface area (Å²) < 4.78 is 17.1. The Hall–Kier alpha value is -0.230. The minimum atomic E-state index is 0. The largest absolute Gasteiger partial charge is 0.493 e. The number of methoxy groups -OCH3 is 1. The maximum absolute atomic E-state index is 5.71. The van der Waals surface area contributed by atoms with Gasteiger partial charge in [-0.2, -0.15) is 11.8 Å². The molecule has 0 saturated heterocycles. The Bertz CT molecular complexity index is 512. The van der Waals surface area contributed by atoms with E-state index in [9.17, 15) is 0 Å². The molecular formula is C18H31BrIN3O3S. The van der Waals surface area contributed by atoms with E-state index in [1.807, 2.05) is 36.0 Å². The van der Waals surface area contributed by atoms with Crippen molar-refractivity contribution < 1.29 is 14.2 Å². The lowest BCUT2D eigenvalue weighted by molar-refractivity contribution is 0.0698. The van der Waals surface area contributed by atoms with Crippen LogP contribution in [0.15, 0.2) is 33.7 Å². The van der Waals surface area contributed by atoms with E-state index in [2.05, 4.69) is 31.6 Å². The van der Waals surface area contributed by atoms with E-state index in [4.69, 9.17) is 14.2 Å². The summed E-state index contributed by atoms with van der Waals surface area (Å²) in [7, 11) is 3.46. The quantitative estimate of drug-likeness (QED) is 0.153. The Morgan fingerprint density at radius 2 is 1.93 bits per heavy atom. The molecule has 1 aromatic rings. The van der Waals surface area contributed by atoms with Gasteiger partial charge >= 0.3 is 0 Å². The second kappa shape index (κ2) is 19.1. The highest BCUT2D eigenvalue weighted by atomic mass is 127. The van der Waals surface area contributed by atoms with Crippen molar-refractivity contribution in [3.8, 4) is 5.75 Å². The molecule has 0 aliphatic heterocycles. The molecule has 0 unspecified atom stereocenters. The van der Waals surface area contributed by atoms with Gasteiger partial charge in [-0.1, -0.05) is 22.0 Å². The fourth-order valence-electron chi connectivity index (χ4n) is 1.96. The molecule has 2 N–H and O–H groups in total. The van der Waals surface area contributed by atoms with Crippen molar-refractivity contribution in [3.63, 3.8) is 0 Å². The van der Waals surface area contributed by atoms with Gasteiger partial charge in [-0.15, -0.1) is 24.0 Å². The minimum absolute atomic E-state index is 0. The summed E-state index contributed by atoms with van der Waals surface area (Å²) in [6.45, 7) is 4.42. The normalized spacial score (nSPS) is 11.0. The molecule has 1 rings (SSSR count). The van der Waals surface area contributed by atoms with Gasteiger partial charge in [-0.05, 0) is 24.6 Å². The Balaban J connectivity index is 0.00000676. The van der Waals surface area contributed by atoms with E-state index < -0.39 is 0 Å². The maximum atomic E-state index is 5.71. The summed E-state index contributed by atoms with van der Waals surface area (Å²) in [5.41, 5.74) is 0. The Labute approximate surface area is 192 Å².